The van der Waals surface area contributed by atoms with E-state index < -0.39 is 0 Å². The molecule has 1 aromatic heterocycles. The summed E-state index contributed by atoms with van der Waals surface area (Å²) in [6.45, 7) is 2.56. The number of thiazole rings is 1. The van der Waals surface area contributed by atoms with Gasteiger partial charge in [0.15, 0.2) is 5.13 Å². The van der Waals surface area contributed by atoms with Crippen molar-refractivity contribution in [2.75, 3.05) is 11.9 Å². The second-order valence-electron chi connectivity index (χ2n) is 4.82. The molecule has 0 fully saturated rings. The zero-order chi connectivity index (χ0) is 15.2. The van der Waals surface area contributed by atoms with E-state index in [1.807, 2.05) is 25.1 Å². The summed E-state index contributed by atoms with van der Waals surface area (Å²) in [5.41, 5.74) is 7.75. The lowest BCUT2D eigenvalue weighted by atomic mass is 10.1. The van der Waals surface area contributed by atoms with Crippen LogP contribution in [0.15, 0.2) is 24.4 Å². The van der Waals surface area contributed by atoms with Crippen LogP contribution in [0.1, 0.15) is 28.8 Å². The smallest absolute Gasteiger partial charge is 0.226 e. The largest absolute Gasteiger partial charge is 0.330 e. The van der Waals surface area contributed by atoms with E-state index in [0.29, 0.717) is 24.5 Å². The normalized spacial score (nSPS) is 10.1. The van der Waals surface area contributed by atoms with E-state index in [1.165, 1.54) is 16.9 Å². The van der Waals surface area contributed by atoms with E-state index in [0.717, 1.165) is 21.9 Å². The van der Waals surface area contributed by atoms with Gasteiger partial charge in [0.2, 0.25) is 5.91 Å². The fourth-order valence-electron chi connectivity index (χ4n) is 1.94. The second kappa shape index (κ2) is 9.10. The number of anilines is 1. The molecule has 0 atom stereocenters. The summed E-state index contributed by atoms with van der Waals surface area (Å²) in [5.74, 6) is -0.0379. The highest BCUT2D eigenvalue weighted by molar-refractivity contribution is 7.15. The van der Waals surface area contributed by atoms with Gasteiger partial charge in [-0.15, -0.1) is 23.7 Å². The average Bonchev–Trinajstić information content (AvgIpc) is 2.87. The zero-order valence-corrected chi connectivity index (χ0v) is 14.7. The molecule has 0 aliphatic carbocycles. The van der Waals surface area contributed by atoms with Crippen LogP contribution in [0.3, 0.4) is 0 Å². The van der Waals surface area contributed by atoms with Crippen LogP contribution >= 0.6 is 35.3 Å². The van der Waals surface area contributed by atoms with Crippen molar-refractivity contribution >= 4 is 46.4 Å². The summed E-state index contributed by atoms with van der Waals surface area (Å²) >= 11 is 7.45. The average molecular weight is 360 g/mol. The molecule has 0 unspecified atom stereocenters. The van der Waals surface area contributed by atoms with Crippen molar-refractivity contribution in [1.82, 2.24) is 4.98 Å². The molecule has 1 aromatic carbocycles. The minimum atomic E-state index is -0.0379. The molecular weight excluding hydrogens is 341 g/mol. The van der Waals surface area contributed by atoms with E-state index in [-0.39, 0.29) is 18.3 Å². The quantitative estimate of drug-likeness (QED) is 0.823. The number of halogens is 2. The van der Waals surface area contributed by atoms with E-state index in [9.17, 15) is 4.79 Å². The highest BCUT2D eigenvalue weighted by Gasteiger charge is 2.08. The summed E-state index contributed by atoms with van der Waals surface area (Å²) < 4.78 is 0. The van der Waals surface area contributed by atoms with Crippen LogP contribution in [0.25, 0.3) is 0 Å². The van der Waals surface area contributed by atoms with Gasteiger partial charge in [0, 0.05) is 28.9 Å². The molecule has 0 radical (unpaired) electrons. The lowest BCUT2D eigenvalue weighted by molar-refractivity contribution is -0.116. The van der Waals surface area contributed by atoms with Crippen molar-refractivity contribution in [2.45, 2.75) is 26.2 Å². The molecule has 0 bridgehead atoms. The van der Waals surface area contributed by atoms with Crippen LogP contribution in [-0.2, 0) is 11.2 Å². The molecule has 1 amide bonds. The van der Waals surface area contributed by atoms with Crippen LogP contribution in [0.2, 0.25) is 5.02 Å². The molecule has 2 aromatic rings. The number of nitrogens with one attached hydrogen (secondary N) is 1. The maximum absolute atomic E-state index is 11.6. The van der Waals surface area contributed by atoms with Crippen LogP contribution in [0.5, 0.6) is 0 Å². The van der Waals surface area contributed by atoms with Gasteiger partial charge in [-0.25, -0.2) is 4.98 Å². The van der Waals surface area contributed by atoms with Crippen molar-refractivity contribution in [2.24, 2.45) is 5.73 Å². The highest BCUT2D eigenvalue weighted by atomic mass is 35.5. The molecule has 4 nitrogen and oxygen atoms in total. The third-order valence-corrected chi connectivity index (χ3v) is 4.23. The molecule has 0 saturated carbocycles. The molecule has 3 N–H and O–H groups in total. The molecule has 1 heterocycles. The van der Waals surface area contributed by atoms with E-state index >= 15 is 0 Å². The first kappa shape index (κ1) is 18.9. The number of nitrogens with zero attached hydrogens (tertiary/aromatic N) is 1. The lowest BCUT2D eigenvalue weighted by Crippen LogP contribution is -2.13. The number of benzene rings is 1. The Kier molecular flexibility index (Phi) is 7.82. The van der Waals surface area contributed by atoms with Crippen molar-refractivity contribution in [1.29, 1.82) is 0 Å². The molecule has 0 spiro atoms. The number of aromatic nitrogens is 1. The number of aryl methyl sites for hydroxylation is 1. The maximum atomic E-state index is 11.6. The van der Waals surface area contributed by atoms with Gasteiger partial charge in [-0.3, -0.25) is 4.79 Å². The second-order valence-corrected chi connectivity index (χ2v) is 6.37. The van der Waals surface area contributed by atoms with Gasteiger partial charge < -0.3 is 11.1 Å². The van der Waals surface area contributed by atoms with Crippen molar-refractivity contribution in [3.05, 3.63) is 45.4 Å². The number of amides is 1. The minimum Gasteiger partial charge on any atom is -0.330 e. The Labute approximate surface area is 145 Å². The van der Waals surface area contributed by atoms with Crippen molar-refractivity contribution in [3.63, 3.8) is 0 Å². The van der Waals surface area contributed by atoms with Gasteiger partial charge in [0.25, 0.3) is 0 Å². The Balaban J connectivity index is 0.00000242. The summed E-state index contributed by atoms with van der Waals surface area (Å²) in [6, 6.07) is 5.87. The highest BCUT2D eigenvalue weighted by Crippen LogP contribution is 2.24. The molecule has 7 heteroatoms. The molecule has 0 saturated heterocycles. The summed E-state index contributed by atoms with van der Waals surface area (Å²) in [7, 11) is 0. The topological polar surface area (TPSA) is 68.0 Å². The summed E-state index contributed by atoms with van der Waals surface area (Å²) in [4.78, 5) is 17.0. The number of nitrogens with two attached hydrogens (primary N) is 1. The monoisotopic (exact) mass is 359 g/mol. The fourth-order valence-corrected chi connectivity index (χ4v) is 3.02. The van der Waals surface area contributed by atoms with Crippen LogP contribution in [0, 0.1) is 6.92 Å². The number of rotatable bonds is 6. The van der Waals surface area contributed by atoms with Gasteiger partial charge in [0.05, 0.1) is 0 Å². The number of carbonyl (C=O) groups excluding carboxylic acids is 1. The molecule has 22 heavy (non-hydrogen) atoms. The van der Waals surface area contributed by atoms with Gasteiger partial charge in [-0.2, -0.15) is 0 Å². The van der Waals surface area contributed by atoms with E-state index in [2.05, 4.69) is 10.3 Å². The van der Waals surface area contributed by atoms with Crippen LogP contribution in [0.4, 0.5) is 5.13 Å². The number of carbonyl (C=O) groups is 1. The lowest BCUT2D eigenvalue weighted by Gasteiger charge is -2.04. The Morgan fingerprint density at radius 2 is 2.23 bits per heavy atom. The molecule has 2 rings (SSSR count). The minimum absolute atomic E-state index is 0. The predicted octanol–water partition coefficient (Wildman–Crippen LogP) is 3.79. The summed E-state index contributed by atoms with van der Waals surface area (Å²) in [5, 5.41) is 4.18. The van der Waals surface area contributed by atoms with Gasteiger partial charge >= 0.3 is 0 Å². The Morgan fingerprint density at radius 1 is 1.45 bits per heavy atom. The Bertz CT molecular complexity index is 631. The maximum Gasteiger partial charge on any atom is 0.226 e. The Hall–Kier alpha value is -1.14. The zero-order valence-electron chi connectivity index (χ0n) is 12.3. The van der Waals surface area contributed by atoms with Gasteiger partial charge in [-0.05, 0) is 43.1 Å². The third-order valence-electron chi connectivity index (χ3n) is 3.08. The summed E-state index contributed by atoms with van der Waals surface area (Å²) in [6.07, 6.45) is 3.71. The molecule has 0 aliphatic heterocycles. The standard InChI is InChI=1S/C15H18ClN3OS.ClH/c1-10-7-12(16)5-4-11(10)8-13-9-18-15(21-13)19-14(20)3-2-6-17;/h4-5,7,9H,2-3,6,8,17H2,1H3,(H,18,19,20);1H. The first-order valence-corrected chi connectivity index (χ1v) is 7.97. The predicted molar refractivity (Wildman–Crippen MR) is 95.3 cm³/mol. The van der Waals surface area contributed by atoms with E-state index in [4.69, 9.17) is 17.3 Å². The molecule has 120 valence electrons. The molecule has 0 aliphatic rings. The van der Waals surface area contributed by atoms with Crippen LogP contribution in [-0.4, -0.2) is 17.4 Å². The SMILES string of the molecule is Cc1cc(Cl)ccc1Cc1cnc(NC(=O)CCCN)s1.Cl. The van der Waals surface area contributed by atoms with Gasteiger partial charge in [0.1, 0.15) is 0 Å². The molecular formula is C15H19Cl2N3OS. The first-order valence-electron chi connectivity index (χ1n) is 6.78. The third kappa shape index (κ3) is 5.57. The van der Waals surface area contributed by atoms with Crippen LogP contribution < -0.4 is 11.1 Å². The van der Waals surface area contributed by atoms with Crippen molar-refractivity contribution in [3.8, 4) is 0 Å². The first-order chi connectivity index (χ1) is 10.1. The fraction of sp³-hybridized carbons (Fsp3) is 0.333. The van der Waals surface area contributed by atoms with E-state index in [1.54, 1.807) is 6.20 Å². The number of hydrogen-bond donors (Lipinski definition) is 2. The number of hydrogen-bond acceptors (Lipinski definition) is 4. The Morgan fingerprint density at radius 3 is 2.91 bits per heavy atom. The van der Waals surface area contributed by atoms with Crippen molar-refractivity contribution < 1.29 is 4.79 Å². The van der Waals surface area contributed by atoms with Gasteiger partial charge in [-0.1, -0.05) is 17.7 Å².